The zero-order chi connectivity index (χ0) is 48.7. The molecule has 8 aromatic carbocycles. The molecule has 0 aliphatic heterocycles. The Kier molecular flexibility index (Phi) is 6.71. The molecule has 0 atom stereocenters. The molecule has 0 fully saturated rings. The maximum absolute atomic E-state index is 9.06. The summed E-state index contributed by atoms with van der Waals surface area (Å²) in [5, 5.41) is 2.10. The van der Waals surface area contributed by atoms with Crippen LogP contribution in [0.4, 0.5) is 0 Å². The third-order valence-electron chi connectivity index (χ3n) is 10.5. The number of pyridine rings is 1. The second kappa shape index (κ2) is 15.1. The molecule has 6 heteroatoms. The van der Waals surface area contributed by atoms with Gasteiger partial charge in [-0.25, -0.2) is 0 Å². The molecule has 5 nitrogen and oxygen atoms in total. The van der Waals surface area contributed by atoms with Crippen LogP contribution in [-0.2, 0) is 19.4 Å². The van der Waals surface area contributed by atoms with Crippen molar-refractivity contribution < 1.29 is 37.8 Å². The minimum absolute atomic E-state index is 0.110. The first-order chi connectivity index (χ1) is 33.8. The van der Waals surface area contributed by atoms with E-state index >= 15 is 0 Å². The van der Waals surface area contributed by atoms with Crippen molar-refractivity contribution in [2.24, 2.45) is 0 Å². The quantitative estimate of drug-likeness (QED) is 0.152. The van der Waals surface area contributed by atoms with Gasteiger partial charge >= 0.3 is 308 Å². The number of ether oxygens (including phenoxy) is 1. The minimum atomic E-state index is -0.559. The van der Waals surface area contributed by atoms with Crippen molar-refractivity contribution in [2.45, 2.75) is 0 Å². The van der Waals surface area contributed by atoms with Crippen LogP contribution in [0.3, 0.4) is 0 Å². The van der Waals surface area contributed by atoms with Crippen molar-refractivity contribution in [3.8, 4) is 62.1 Å². The molecule has 11 aromatic rings. The van der Waals surface area contributed by atoms with Crippen LogP contribution in [0.1, 0.15) is 13.7 Å². The summed E-state index contributed by atoms with van der Waals surface area (Å²) >= 11 is 2.17. The fourth-order valence-corrected chi connectivity index (χ4v) is 9.05. The molecule has 0 unspecified atom stereocenters. The topological polar surface area (TPSA) is 36.9 Å². The van der Waals surface area contributed by atoms with E-state index in [4.69, 9.17) is 23.4 Å². The Labute approximate surface area is 372 Å². The second-order valence-corrected chi connectivity index (χ2v) is 15.0. The van der Waals surface area contributed by atoms with Gasteiger partial charge < -0.3 is 0 Å². The molecule has 0 saturated carbocycles. The molecule has 0 aliphatic rings. The Morgan fingerprint density at radius 3 is 1.83 bits per heavy atom. The maximum atomic E-state index is 9.06. The van der Waals surface area contributed by atoms with Crippen LogP contribution in [0, 0.1) is 3.80 Å². The normalized spacial score (nSPS) is 13.8. The molecule has 0 saturated heterocycles. The summed E-state index contributed by atoms with van der Waals surface area (Å²) < 4.78 is 101. The van der Waals surface area contributed by atoms with Crippen LogP contribution < -0.4 is 4.74 Å². The van der Waals surface area contributed by atoms with Gasteiger partial charge in [-0.1, -0.05) is 42.5 Å². The first kappa shape index (κ1) is 26.6. The summed E-state index contributed by atoms with van der Waals surface area (Å²) in [5.41, 5.74) is 6.57. The Balaban J connectivity index is 1.09. The first-order valence-corrected chi connectivity index (χ1v) is 20.3. The summed E-state index contributed by atoms with van der Waals surface area (Å²) in [6.45, 7) is 0. The molecular weight excluding hydrogens is 916 g/mol. The van der Waals surface area contributed by atoms with E-state index < -0.39 is 60.4 Å². The average Bonchev–Trinajstić information content (AvgIpc) is 3.87. The monoisotopic (exact) mass is 961 g/mol. The number of fused-ring (bicyclic) bond motifs is 4. The second-order valence-electron chi connectivity index (χ2n) is 14.0. The van der Waals surface area contributed by atoms with Crippen LogP contribution in [0.2, 0.25) is 0 Å². The van der Waals surface area contributed by atoms with E-state index in [1.54, 1.807) is 24.4 Å². The molecule has 0 N–H and O–H groups in total. The van der Waals surface area contributed by atoms with Gasteiger partial charge in [0.2, 0.25) is 0 Å². The molecule has 0 aliphatic carbocycles. The molecule has 60 heavy (non-hydrogen) atoms. The van der Waals surface area contributed by atoms with E-state index in [1.807, 2.05) is 106 Å². The number of aromatic nitrogens is 4. The van der Waals surface area contributed by atoms with E-state index in [0.717, 1.165) is 38.8 Å². The molecule has 3 heterocycles. The van der Waals surface area contributed by atoms with E-state index in [0.29, 0.717) is 32.0 Å². The van der Waals surface area contributed by atoms with Gasteiger partial charge in [0.1, 0.15) is 0 Å². The Hall–Kier alpha value is -7.33. The Morgan fingerprint density at radius 2 is 1.12 bits per heavy atom. The van der Waals surface area contributed by atoms with Gasteiger partial charge in [-0.15, -0.1) is 0 Å². The van der Waals surface area contributed by atoms with Gasteiger partial charge in [-0.3, -0.25) is 0 Å². The predicted molar refractivity (Wildman–Crippen MR) is 241 cm³/mol. The molecule has 288 valence electrons. The third-order valence-corrected chi connectivity index (χ3v) is 11.6. The van der Waals surface area contributed by atoms with Crippen molar-refractivity contribution >= 4 is 32.8 Å². The van der Waals surface area contributed by atoms with Crippen molar-refractivity contribution in [3.05, 3.63) is 222 Å². The molecule has 0 spiro atoms. The van der Waals surface area contributed by atoms with Crippen molar-refractivity contribution in [3.63, 3.8) is 0 Å². The summed E-state index contributed by atoms with van der Waals surface area (Å²) in [6, 6.07) is 43.5. The number of hydrogen-bond donors (Lipinski definition) is 0. The number of benzene rings is 8. The number of nitrogens with zero attached hydrogens (tertiary/aromatic N) is 4. The van der Waals surface area contributed by atoms with Crippen molar-refractivity contribution in [2.75, 3.05) is 0 Å². The van der Waals surface area contributed by atoms with Gasteiger partial charge in [-0.2, -0.15) is 0 Å². The van der Waals surface area contributed by atoms with Gasteiger partial charge in [0.05, 0.1) is 0 Å². The molecule has 11 rings (SSSR count). The fourth-order valence-electron chi connectivity index (χ4n) is 7.96. The number of imidazole rings is 1. The zero-order valence-electron chi connectivity index (χ0n) is 41.5. The van der Waals surface area contributed by atoms with Gasteiger partial charge in [0.25, 0.3) is 0 Å². The Morgan fingerprint density at radius 1 is 0.450 bits per heavy atom. The molecule has 0 radical (unpaired) electrons. The van der Waals surface area contributed by atoms with E-state index in [9.17, 15) is 0 Å². The van der Waals surface area contributed by atoms with Crippen LogP contribution in [-0.4, -0.2) is 18.7 Å². The molecule has 0 bridgehead atoms. The molecule has 0 amide bonds. The average molecular weight is 962 g/mol. The van der Waals surface area contributed by atoms with E-state index in [1.165, 1.54) is 0 Å². The Bertz CT molecular complexity index is 3880. The van der Waals surface area contributed by atoms with Crippen molar-refractivity contribution in [1.29, 1.82) is 0 Å². The third kappa shape index (κ3) is 6.23. The predicted octanol–water partition coefficient (Wildman–Crippen LogP) is 13.8. The number of para-hydroxylation sites is 3. The molecule has 3 aromatic heterocycles. The first-order valence-electron chi connectivity index (χ1n) is 24.1. The summed E-state index contributed by atoms with van der Waals surface area (Å²) in [4.78, 5) is 4.73. The summed E-state index contributed by atoms with van der Waals surface area (Å²) in [5.74, 6) is 1.88. The fraction of sp³-hybridized carbons (Fsp3) is 0. The number of hydrogen-bond acceptors (Lipinski definition) is 2. The van der Waals surface area contributed by atoms with Gasteiger partial charge in [0, 0.05) is 6.20 Å². The SMILES string of the molecule is [2H]c1c([2H])c([2H])c(-c2cccc(-c3c([2H])c([2H])c([2H])c([2H])c3[2H])c2-n2[c](=[Pt])n(-c3cccc(Oc4ccc5c6cc(-c7ccccc7)ccc6n(-c6ccccn6)c5c4)c3)c3ccccc32)c([2H])c1[2H]. The van der Waals surface area contributed by atoms with Gasteiger partial charge in [-0.05, 0) is 17.2 Å². The number of rotatable bonds is 8. The zero-order valence-corrected chi connectivity index (χ0v) is 33.8. The summed E-state index contributed by atoms with van der Waals surface area (Å²) in [7, 11) is 0. The van der Waals surface area contributed by atoms with E-state index in [2.05, 4.69) is 60.3 Å². The van der Waals surface area contributed by atoms with Crippen LogP contribution in [0.5, 0.6) is 11.5 Å². The standard InChI is InChI=1S/C54H36N4O.Pt/c1-4-16-38(17-5-1)41-29-32-49-48(34-41)47-31-30-44(36-52(47)58(49)53-28-12-13-33-55-53)59-43-23-14-22-42(35-43)56-37-57(51-27-11-10-26-50(51)56)54-45(39-18-6-2-7-19-39)24-15-25-46(54)40-20-8-3-9-21-40;/h1-36H;/i2D,3D,6D,7D,8D,9D,18D,19D,20D,21D;. The van der Waals surface area contributed by atoms with Crippen LogP contribution in [0.15, 0.2) is 218 Å². The van der Waals surface area contributed by atoms with Crippen LogP contribution >= 0.6 is 0 Å². The van der Waals surface area contributed by atoms with Gasteiger partial charge in [0.15, 0.2) is 0 Å². The summed E-state index contributed by atoms with van der Waals surface area (Å²) in [6.07, 6.45) is 1.78. The van der Waals surface area contributed by atoms with E-state index in [-0.39, 0.29) is 27.9 Å². The van der Waals surface area contributed by atoms with Crippen molar-refractivity contribution in [1.82, 2.24) is 18.7 Å². The molecular formula is C54H36N4OPt. The van der Waals surface area contributed by atoms with Crippen LogP contribution in [0.25, 0.3) is 83.4 Å².